The molecule has 5 nitrogen and oxygen atoms in total. The van der Waals surface area contributed by atoms with Gasteiger partial charge in [0, 0.05) is 12.8 Å². The number of hydrogen-bond donors (Lipinski definition) is 0. The fourth-order valence-electron chi connectivity index (χ4n) is 2.67. The summed E-state index contributed by atoms with van der Waals surface area (Å²) in [5, 5.41) is 19.2. The second kappa shape index (κ2) is 12.8. The van der Waals surface area contributed by atoms with Crippen LogP contribution in [0.2, 0.25) is 0 Å². The molecule has 1 aromatic carbocycles. The number of aryl methyl sites for hydroxylation is 1. The number of rotatable bonds is 13. The van der Waals surface area contributed by atoms with Gasteiger partial charge in [-0.15, -0.1) is 0 Å². The highest BCUT2D eigenvalue weighted by atomic mass is 16.5. The first-order valence-electron chi connectivity index (χ1n) is 9.90. The van der Waals surface area contributed by atoms with Crippen molar-refractivity contribution in [3.05, 3.63) is 22.8 Å². The van der Waals surface area contributed by atoms with Gasteiger partial charge in [-0.3, -0.25) is 4.79 Å². The Morgan fingerprint density at radius 2 is 1.59 bits per heavy atom. The molecule has 0 aliphatic carbocycles. The zero-order valence-electron chi connectivity index (χ0n) is 16.8. The van der Waals surface area contributed by atoms with Crippen LogP contribution in [0.15, 0.2) is 6.07 Å². The third kappa shape index (κ3) is 6.94. The van der Waals surface area contributed by atoms with E-state index in [1.165, 1.54) is 0 Å². The number of carbonyl (C=O) groups is 1. The second-order valence-electron chi connectivity index (χ2n) is 6.49. The number of carbonyl (C=O) groups excluding carboxylic acids is 1. The monoisotopic (exact) mass is 370 g/mol. The van der Waals surface area contributed by atoms with E-state index < -0.39 is 0 Å². The smallest absolute Gasteiger partial charge is 0.141 e. The van der Waals surface area contributed by atoms with Crippen LogP contribution in [0.3, 0.4) is 0 Å². The first-order valence-corrected chi connectivity index (χ1v) is 9.90. The van der Waals surface area contributed by atoms with Gasteiger partial charge in [0.2, 0.25) is 0 Å². The molecule has 0 fully saturated rings. The Hall–Kier alpha value is -2.53. The zero-order chi connectivity index (χ0) is 20.1. The molecular weight excluding hydrogens is 340 g/mol. The van der Waals surface area contributed by atoms with Crippen LogP contribution in [0.4, 0.5) is 0 Å². The minimum absolute atomic E-state index is 0.219. The number of ketones is 1. The standard InChI is InChI=1S/C22H30N2O3/c1-4-7-12-26-21-14-17(10-9-11-18(25)6-3)22(27-13-8-5-2)20(16-24)19(21)15-23/h14H,4-13H2,1-3H3. The molecule has 0 amide bonds. The Morgan fingerprint density at radius 1 is 0.963 bits per heavy atom. The van der Waals surface area contributed by atoms with Gasteiger partial charge in [-0.2, -0.15) is 10.5 Å². The molecule has 0 atom stereocenters. The van der Waals surface area contributed by atoms with E-state index in [1.54, 1.807) is 0 Å². The van der Waals surface area contributed by atoms with Crippen molar-refractivity contribution >= 4 is 5.78 Å². The highest BCUT2D eigenvalue weighted by Crippen LogP contribution is 2.35. The Bertz CT molecular complexity index is 699. The molecule has 27 heavy (non-hydrogen) atoms. The fraction of sp³-hybridized carbons (Fsp3) is 0.591. The summed E-state index contributed by atoms with van der Waals surface area (Å²) in [6, 6.07) is 6.04. The maximum atomic E-state index is 11.6. The summed E-state index contributed by atoms with van der Waals surface area (Å²) >= 11 is 0. The largest absolute Gasteiger partial charge is 0.492 e. The van der Waals surface area contributed by atoms with Crippen LogP contribution in [0.25, 0.3) is 0 Å². The average Bonchev–Trinajstić information content (AvgIpc) is 2.68. The van der Waals surface area contributed by atoms with Crippen molar-refractivity contribution < 1.29 is 14.3 Å². The molecule has 0 radical (unpaired) electrons. The molecule has 5 heteroatoms. The Labute approximate surface area is 162 Å². The summed E-state index contributed by atoms with van der Waals surface area (Å²) in [5.41, 5.74) is 1.30. The van der Waals surface area contributed by atoms with Gasteiger partial charge in [0.05, 0.1) is 13.2 Å². The van der Waals surface area contributed by atoms with Crippen LogP contribution in [-0.2, 0) is 11.2 Å². The Kier molecular flexibility index (Phi) is 10.6. The maximum absolute atomic E-state index is 11.6. The number of unbranched alkanes of at least 4 members (excludes halogenated alkanes) is 2. The predicted octanol–water partition coefficient (Wildman–Crippen LogP) is 5.09. The highest BCUT2D eigenvalue weighted by molar-refractivity contribution is 5.78. The van der Waals surface area contributed by atoms with E-state index in [9.17, 15) is 15.3 Å². The lowest BCUT2D eigenvalue weighted by Gasteiger charge is -2.17. The van der Waals surface area contributed by atoms with Gasteiger partial charge in [-0.25, -0.2) is 0 Å². The third-order valence-electron chi connectivity index (χ3n) is 4.34. The topological polar surface area (TPSA) is 83.1 Å². The van der Waals surface area contributed by atoms with E-state index in [-0.39, 0.29) is 16.9 Å². The number of nitrogens with zero attached hydrogens (tertiary/aromatic N) is 2. The van der Waals surface area contributed by atoms with Gasteiger partial charge in [-0.05, 0) is 37.3 Å². The lowest BCUT2D eigenvalue weighted by molar-refractivity contribution is -0.118. The fourth-order valence-corrected chi connectivity index (χ4v) is 2.67. The van der Waals surface area contributed by atoms with Crippen molar-refractivity contribution in [3.63, 3.8) is 0 Å². The van der Waals surface area contributed by atoms with Crippen LogP contribution in [-0.4, -0.2) is 19.0 Å². The minimum Gasteiger partial charge on any atom is -0.492 e. The molecule has 0 bridgehead atoms. The van der Waals surface area contributed by atoms with Gasteiger partial charge in [0.1, 0.15) is 40.5 Å². The van der Waals surface area contributed by atoms with Gasteiger partial charge in [-0.1, -0.05) is 33.6 Å². The van der Waals surface area contributed by atoms with Crippen molar-refractivity contribution in [3.8, 4) is 23.6 Å². The molecular formula is C22H30N2O3. The van der Waals surface area contributed by atoms with Crippen LogP contribution < -0.4 is 9.47 Å². The lowest BCUT2D eigenvalue weighted by Crippen LogP contribution is -2.07. The van der Waals surface area contributed by atoms with Crippen molar-refractivity contribution in [1.82, 2.24) is 0 Å². The minimum atomic E-state index is 0.219. The quantitative estimate of drug-likeness (QED) is 0.452. The molecule has 0 saturated heterocycles. The van der Waals surface area contributed by atoms with Gasteiger partial charge < -0.3 is 9.47 Å². The summed E-state index contributed by atoms with van der Waals surface area (Å²) in [6.45, 7) is 6.98. The molecule has 0 aromatic heterocycles. The van der Waals surface area contributed by atoms with E-state index in [4.69, 9.17) is 9.47 Å². The molecule has 0 aliphatic rings. The number of hydrogen-bond acceptors (Lipinski definition) is 5. The van der Waals surface area contributed by atoms with E-state index >= 15 is 0 Å². The molecule has 0 unspecified atom stereocenters. The number of benzene rings is 1. The molecule has 146 valence electrons. The molecule has 0 saturated carbocycles. The predicted molar refractivity (Wildman–Crippen MR) is 105 cm³/mol. The summed E-state index contributed by atoms with van der Waals surface area (Å²) in [4.78, 5) is 11.6. The summed E-state index contributed by atoms with van der Waals surface area (Å²) in [7, 11) is 0. The molecule has 0 N–H and O–H groups in total. The second-order valence-corrected chi connectivity index (χ2v) is 6.49. The lowest BCUT2D eigenvalue weighted by atomic mass is 9.98. The number of Topliss-reactive ketones (excluding diaryl/α,β-unsaturated/α-hetero) is 1. The Morgan fingerprint density at radius 3 is 2.15 bits per heavy atom. The third-order valence-corrected chi connectivity index (χ3v) is 4.34. The van der Waals surface area contributed by atoms with E-state index in [1.807, 2.05) is 13.0 Å². The van der Waals surface area contributed by atoms with Crippen molar-refractivity contribution in [2.45, 2.75) is 72.1 Å². The Balaban J connectivity index is 3.22. The van der Waals surface area contributed by atoms with Crippen LogP contribution in [0, 0.1) is 22.7 Å². The highest BCUT2D eigenvalue weighted by Gasteiger charge is 2.20. The van der Waals surface area contributed by atoms with Crippen LogP contribution >= 0.6 is 0 Å². The van der Waals surface area contributed by atoms with Crippen LogP contribution in [0.1, 0.15) is 82.4 Å². The first kappa shape index (κ1) is 22.5. The SMILES string of the molecule is CCCCOc1cc(CCCC(=O)CC)c(OCCCC)c(C#N)c1C#N. The van der Waals surface area contributed by atoms with E-state index in [2.05, 4.69) is 26.0 Å². The van der Waals surface area contributed by atoms with Crippen LogP contribution in [0.5, 0.6) is 11.5 Å². The summed E-state index contributed by atoms with van der Waals surface area (Å²) < 4.78 is 11.7. The van der Waals surface area contributed by atoms with Crippen molar-refractivity contribution in [2.75, 3.05) is 13.2 Å². The molecule has 0 spiro atoms. The molecule has 0 heterocycles. The van der Waals surface area contributed by atoms with Gasteiger partial charge in [0.25, 0.3) is 0 Å². The maximum Gasteiger partial charge on any atom is 0.141 e. The number of ether oxygens (including phenoxy) is 2. The summed E-state index contributed by atoms with van der Waals surface area (Å²) in [6.07, 6.45) is 6.03. The van der Waals surface area contributed by atoms with E-state index in [0.29, 0.717) is 50.4 Å². The first-order chi connectivity index (χ1) is 13.1. The number of nitriles is 2. The molecule has 0 aliphatic heterocycles. The van der Waals surface area contributed by atoms with Gasteiger partial charge in [0.15, 0.2) is 0 Å². The normalized spacial score (nSPS) is 10.1. The van der Waals surface area contributed by atoms with Gasteiger partial charge >= 0.3 is 0 Å². The van der Waals surface area contributed by atoms with Crippen molar-refractivity contribution in [1.29, 1.82) is 10.5 Å². The molecule has 1 aromatic rings. The van der Waals surface area contributed by atoms with Crippen molar-refractivity contribution in [2.24, 2.45) is 0 Å². The van der Waals surface area contributed by atoms with E-state index in [0.717, 1.165) is 31.2 Å². The average molecular weight is 370 g/mol. The molecule has 1 rings (SSSR count). The zero-order valence-corrected chi connectivity index (χ0v) is 16.8. The summed E-state index contributed by atoms with van der Waals surface area (Å²) in [5.74, 6) is 1.12.